The van der Waals surface area contributed by atoms with Gasteiger partial charge >= 0.3 is 0 Å². The molecule has 0 aliphatic heterocycles. The maximum atomic E-state index is 11.6. The zero-order chi connectivity index (χ0) is 11.4. The minimum Gasteiger partial charge on any atom is -0.368 e. The molecule has 15 heavy (non-hydrogen) atoms. The maximum Gasteiger partial charge on any atom is 0.242 e. The van der Waals surface area contributed by atoms with Crippen LogP contribution in [0.25, 0.3) is 0 Å². The molecule has 0 unspecified atom stereocenters. The van der Waals surface area contributed by atoms with Crippen molar-refractivity contribution >= 4 is 11.8 Å². The van der Waals surface area contributed by atoms with Gasteiger partial charge in [-0.25, -0.2) is 14.7 Å². The van der Waals surface area contributed by atoms with Gasteiger partial charge in [-0.05, 0) is 6.92 Å². The molecule has 2 amide bonds. The van der Waals surface area contributed by atoms with E-state index in [2.05, 4.69) is 4.98 Å². The van der Waals surface area contributed by atoms with Gasteiger partial charge in [0.25, 0.3) is 0 Å². The topological polar surface area (TPSA) is 81.2 Å². The van der Waals surface area contributed by atoms with Gasteiger partial charge in [0.05, 0.1) is 0 Å². The van der Waals surface area contributed by atoms with Gasteiger partial charge in [-0.3, -0.25) is 9.59 Å². The fourth-order valence-electron chi connectivity index (χ4n) is 1.21. The number of nitrogens with zero attached hydrogens (tertiary/aromatic N) is 3. The lowest BCUT2D eigenvalue weighted by atomic mass is 10.3. The van der Waals surface area contributed by atoms with Gasteiger partial charge in [-0.1, -0.05) is 6.92 Å². The van der Waals surface area contributed by atoms with E-state index in [0.717, 1.165) is 0 Å². The summed E-state index contributed by atoms with van der Waals surface area (Å²) in [5.74, 6) is -0.732. The Balaban J connectivity index is 2.98. The van der Waals surface area contributed by atoms with Crippen LogP contribution in [0.4, 0.5) is 0 Å². The van der Waals surface area contributed by atoms with Crippen molar-refractivity contribution in [1.29, 1.82) is 0 Å². The number of aromatic nitrogens is 2. The number of rotatable bonds is 4. The maximum absolute atomic E-state index is 11.6. The standard InChI is InChI=1S/C9H14N4O2/c1-3-8(14)13(7(2)9(10)15)12-5-4-11-6-12/h4-7H,3H2,1-2H3,(H2,10,15)/t7-/m0/s1. The van der Waals surface area contributed by atoms with E-state index >= 15 is 0 Å². The van der Waals surface area contributed by atoms with Gasteiger partial charge in [0.15, 0.2) is 0 Å². The SMILES string of the molecule is CCC(=O)N([C@@H](C)C(N)=O)n1ccnc1. The molecule has 0 bridgehead atoms. The van der Waals surface area contributed by atoms with Crippen LogP contribution in [0.15, 0.2) is 18.7 Å². The van der Waals surface area contributed by atoms with E-state index in [-0.39, 0.29) is 5.91 Å². The Labute approximate surface area is 87.7 Å². The molecule has 0 aromatic carbocycles. The lowest BCUT2D eigenvalue weighted by Gasteiger charge is -2.27. The highest BCUT2D eigenvalue weighted by atomic mass is 16.2. The van der Waals surface area contributed by atoms with Crippen LogP contribution in [0, 0.1) is 0 Å². The van der Waals surface area contributed by atoms with Crippen molar-refractivity contribution < 1.29 is 9.59 Å². The third kappa shape index (κ3) is 2.34. The molecule has 6 heteroatoms. The zero-order valence-electron chi connectivity index (χ0n) is 8.75. The van der Waals surface area contributed by atoms with E-state index in [4.69, 9.17) is 5.73 Å². The third-order valence-corrected chi connectivity index (χ3v) is 2.08. The van der Waals surface area contributed by atoms with Gasteiger partial charge in [0.2, 0.25) is 11.8 Å². The highest BCUT2D eigenvalue weighted by molar-refractivity contribution is 5.94. The van der Waals surface area contributed by atoms with Crippen molar-refractivity contribution in [2.75, 3.05) is 5.01 Å². The summed E-state index contributed by atoms with van der Waals surface area (Å²) in [5, 5.41) is 1.29. The van der Waals surface area contributed by atoms with Gasteiger partial charge < -0.3 is 5.73 Å². The first-order valence-electron chi connectivity index (χ1n) is 4.67. The number of carbonyl (C=O) groups is 2. The summed E-state index contributed by atoms with van der Waals surface area (Å²) in [4.78, 5) is 26.5. The molecule has 0 aliphatic carbocycles. The molecule has 0 spiro atoms. The number of carbonyl (C=O) groups excluding carboxylic acids is 2. The molecule has 1 heterocycles. The molecule has 1 aromatic rings. The highest BCUT2D eigenvalue weighted by Crippen LogP contribution is 2.01. The minimum absolute atomic E-state index is 0.181. The Morgan fingerprint density at radius 2 is 2.27 bits per heavy atom. The second kappa shape index (κ2) is 4.59. The quantitative estimate of drug-likeness (QED) is 0.736. The molecule has 0 saturated heterocycles. The summed E-state index contributed by atoms with van der Waals surface area (Å²) < 4.78 is 1.46. The molecule has 0 fully saturated rings. The molecule has 0 radical (unpaired) electrons. The summed E-state index contributed by atoms with van der Waals surface area (Å²) in [6.45, 7) is 3.30. The van der Waals surface area contributed by atoms with E-state index in [0.29, 0.717) is 6.42 Å². The van der Waals surface area contributed by atoms with Crippen LogP contribution in [0.2, 0.25) is 0 Å². The molecule has 1 aromatic heterocycles. The molecular weight excluding hydrogens is 196 g/mol. The number of imidazole rings is 1. The van der Waals surface area contributed by atoms with Crippen LogP contribution >= 0.6 is 0 Å². The second-order valence-corrected chi connectivity index (χ2v) is 3.11. The molecule has 1 atom stereocenters. The van der Waals surface area contributed by atoms with Crippen molar-refractivity contribution in [3.05, 3.63) is 18.7 Å². The predicted octanol–water partition coefficient (Wildman–Crippen LogP) is -0.368. The van der Waals surface area contributed by atoms with Crippen LogP contribution < -0.4 is 10.7 Å². The Hall–Kier alpha value is -1.85. The molecule has 6 nitrogen and oxygen atoms in total. The minimum atomic E-state index is -0.688. The van der Waals surface area contributed by atoms with E-state index in [1.807, 2.05) is 0 Å². The predicted molar refractivity (Wildman–Crippen MR) is 54.4 cm³/mol. The fraction of sp³-hybridized carbons (Fsp3) is 0.444. The summed E-state index contributed by atoms with van der Waals surface area (Å²) >= 11 is 0. The number of amides is 2. The molecule has 0 aliphatic rings. The fourth-order valence-corrected chi connectivity index (χ4v) is 1.21. The lowest BCUT2D eigenvalue weighted by molar-refractivity contribution is -0.125. The average molecular weight is 210 g/mol. The monoisotopic (exact) mass is 210 g/mol. The first-order valence-corrected chi connectivity index (χ1v) is 4.67. The molecular formula is C9H14N4O2. The van der Waals surface area contributed by atoms with Crippen molar-refractivity contribution in [2.45, 2.75) is 26.3 Å². The third-order valence-electron chi connectivity index (χ3n) is 2.08. The van der Waals surface area contributed by atoms with Gasteiger partial charge in [-0.2, -0.15) is 0 Å². The van der Waals surface area contributed by atoms with Crippen LogP contribution in [-0.4, -0.2) is 27.5 Å². The number of nitrogens with two attached hydrogens (primary N) is 1. The zero-order valence-corrected chi connectivity index (χ0v) is 8.75. The van der Waals surface area contributed by atoms with E-state index < -0.39 is 11.9 Å². The summed E-state index contributed by atoms with van der Waals surface area (Å²) in [5.41, 5.74) is 5.17. The number of hydrogen-bond donors (Lipinski definition) is 1. The van der Waals surface area contributed by atoms with Crippen molar-refractivity contribution in [1.82, 2.24) is 9.66 Å². The summed E-state index contributed by atoms with van der Waals surface area (Å²) in [7, 11) is 0. The van der Waals surface area contributed by atoms with Crippen LogP contribution in [0.1, 0.15) is 20.3 Å². The molecule has 2 N–H and O–H groups in total. The summed E-state index contributed by atoms with van der Waals surface area (Å²) in [6, 6.07) is -0.688. The molecule has 0 saturated carbocycles. The first-order chi connectivity index (χ1) is 7.07. The Bertz CT molecular complexity index is 347. The molecule has 82 valence electrons. The highest BCUT2D eigenvalue weighted by Gasteiger charge is 2.24. The van der Waals surface area contributed by atoms with Crippen LogP contribution in [-0.2, 0) is 9.59 Å². The van der Waals surface area contributed by atoms with E-state index in [1.54, 1.807) is 20.0 Å². The van der Waals surface area contributed by atoms with E-state index in [1.165, 1.54) is 22.2 Å². The first kappa shape index (κ1) is 11.2. The summed E-state index contributed by atoms with van der Waals surface area (Å²) in [6.07, 6.45) is 4.87. The smallest absolute Gasteiger partial charge is 0.242 e. The number of primary amides is 1. The normalized spacial score (nSPS) is 12.1. The van der Waals surface area contributed by atoms with Crippen LogP contribution in [0.3, 0.4) is 0 Å². The largest absolute Gasteiger partial charge is 0.368 e. The Morgan fingerprint density at radius 3 is 2.67 bits per heavy atom. The van der Waals surface area contributed by atoms with Crippen molar-refractivity contribution in [2.24, 2.45) is 5.73 Å². The van der Waals surface area contributed by atoms with Crippen molar-refractivity contribution in [3.63, 3.8) is 0 Å². The van der Waals surface area contributed by atoms with Gasteiger partial charge in [0.1, 0.15) is 12.4 Å². The second-order valence-electron chi connectivity index (χ2n) is 3.11. The van der Waals surface area contributed by atoms with Gasteiger partial charge in [-0.15, -0.1) is 0 Å². The average Bonchev–Trinajstić information content (AvgIpc) is 2.70. The van der Waals surface area contributed by atoms with Crippen LogP contribution in [0.5, 0.6) is 0 Å². The number of hydrogen-bond acceptors (Lipinski definition) is 3. The van der Waals surface area contributed by atoms with E-state index in [9.17, 15) is 9.59 Å². The Kier molecular flexibility index (Phi) is 3.43. The van der Waals surface area contributed by atoms with Gasteiger partial charge in [0, 0.05) is 18.8 Å². The van der Waals surface area contributed by atoms with Crippen molar-refractivity contribution in [3.8, 4) is 0 Å². The Morgan fingerprint density at radius 1 is 1.60 bits per heavy atom. The molecule has 1 rings (SSSR count). The lowest BCUT2D eigenvalue weighted by Crippen LogP contribution is -2.51.